The molecule has 1 aliphatic rings. The van der Waals surface area contributed by atoms with Crippen molar-refractivity contribution in [2.24, 2.45) is 4.99 Å². The molecule has 3 aromatic rings. The maximum Gasteiger partial charge on any atom is 0.416 e. The predicted molar refractivity (Wildman–Crippen MR) is 109 cm³/mol. The van der Waals surface area contributed by atoms with Crippen molar-refractivity contribution in [1.29, 1.82) is 0 Å². The molecular formula is C23H18F3NO2S. The molecule has 0 unspecified atom stereocenters. The largest absolute Gasteiger partial charge is 0.475 e. The van der Waals surface area contributed by atoms with E-state index in [1.807, 2.05) is 49.4 Å². The first-order chi connectivity index (χ1) is 14.3. The molecule has 30 heavy (non-hydrogen) atoms. The molecule has 4 rings (SSSR count). The fourth-order valence-corrected chi connectivity index (χ4v) is 4.37. The molecule has 7 heteroatoms. The lowest BCUT2D eigenvalue weighted by atomic mass is 10.1. The van der Waals surface area contributed by atoms with E-state index in [-0.39, 0.29) is 29.0 Å². The molecule has 0 radical (unpaired) electrons. The topological polar surface area (TPSA) is 38.7 Å². The van der Waals surface area contributed by atoms with Crippen molar-refractivity contribution < 1.29 is 22.1 Å². The number of halogens is 3. The fraction of sp³-hybridized carbons (Fsp3) is 0.174. The molecule has 1 heterocycles. The number of nitrogens with zero attached hydrogens (tertiary/aromatic N) is 1. The molecule has 1 aliphatic heterocycles. The van der Waals surface area contributed by atoms with Gasteiger partial charge < -0.3 is 4.74 Å². The van der Waals surface area contributed by atoms with Gasteiger partial charge in [-0.15, -0.1) is 0 Å². The minimum atomic E-state index is -4.53. The summed E-state index contributed by atoms with van der Waals surface area (Å²) in [6.07, 6.45) is -4.53. The molecule has 0 aliphatic carbocycles. The molecule has 0 amide bonds. The first kappa shape index (κ1) is 20.3. The van der Waals surface area contributed by atoms with Gasteiger partial charge in [0.2, 0.25) is 5.90 Å². The van der Waals surface area contributed by atoms with Crippen LogP contribution in [0, 0.1) is 6.92 Å². The minimum absolute atomic E-state index is 0.0745. The first-order valence-corrected chi connectivity index (χ1v) is 10.4. The Kier molecular flexibility index (Phi) is 5.47. The van der Waals surface area contributed by atoms with Gasteiger partial charge in [-0.1, -0.05) is 48.0 Å². The number of hydrogen-bond acceptors (Lipinski definition) is 3. The van der Waals surface area contributed by atoms with Crippen molar-refractivity contribution in [3.05, 3.63) is 95.1 Å². The van der Waals surface area contributed by atoms with E-state index < -0.39 is 22.5 Å². The quantitative estimate of drug-likeness (QED) is 0.534. The third kappa shape index (κ3) is 4.16. The molecule has 0 aromatic heterocycles. The van der Waals surface area contributed by atoms with Crippen LogP contribution in [0.4, 0.5) is 13.2 Å². The van der Waals surface area contributed by atoms with Gasteiger partial charge in [-0.2, -0.15) is 13.2 Å². The molecule has 0 N–H and O–H groups in total. The first-order valence-electron chi connectivity index (χ1n) is 9.28. The van der Waals surface area contributed by atoms with Crippen LogP contribution in [0.25, 0.3) is 0 Å². The zero-order valence-corrected chi connectivity index (χ0v) is 16.8. The number of benzene rings is 3. The second-order valence-electron chi connectivity index (χ2n) is 6.96. The van der Waals surface area contributed by atoms with Gasteiger partial charge in [0.05, 0.1) is 26.8 Å². The SMILES string of the molecule is Cc1ccc([S@@](=O)c2ccc(C(F)(F)F)cc2C2=N[C@@H](c3ccccc3)CO2)cc1. The Morgan fingerprint density at radius 2 is 1.70 bits per heavy atom. The Labute approximate surface area is 174 Å². The van der Waals surface area contributed by atoms with E-state index in [2.05, 4.69) is 4.99 Å². The standard InChI is InChI=1S/C23H18F3NO2S/c1-15-7-10-18(11-8-15)30(28)21-12-9-17(23(24,25)26)13-19(21)22-27-20(14-29-22)16-5-3-2-4-6-16/h2-13,20H,14H2,1H3/t20-,30-/m1/s1. The summed E-state index contributed by atoms with van der Waals surface area (Å²) in [5.41, 5.74) is 1.16. The van der Waals surface area contributed by atoms with Crippen LogP contribution in [0.15, 0.2) is 87.6 Å². The Balaban J connectivity index is 1.78. The third-order valence-corrected chi connectivity index (χ3v) is 6.26. The summed E-state index contributed by atoms with van der Waals surface area (Å²) >= 11 is 0. The van der Waals surface area contributed by atoms with E-state index in [0.717, 1.165) is 23.3 Å². The van der Waals surface area contributed by atoms with Crippen molar-refractivity contribution in [1.82, 2.24) is 0 Å². The summed E-state index contributed by atoms with van der Waals surface area (Å²) in [6.45, 7) is 2.12. The molecule has 0 fully saturated rings. The summed E-state index contributed by atoms with van der Waals surface area (Å²) in [7, 11) is -1.68. The predicted octanol–water partition coefficient (Wildman–Crippen LogP) is 5.70. The zero-order valence-electron chi connectivity index (χ0n) is 16.0. The number of aryl methyl sites for hydroxylation is 1. The van der Waals surface area contributed by atoms with E-state index in [1.165, 1.54) is 6.07 Å². The van der Waals surface area contributed by atoms with E-state index >= 15 is 0 Å². The highest BCUT2D eigenvalue weighted by Crippen LogP contribution is 2.34. The number of alkyl halides is 3. The minimum Gasteiger partial charge on any atom is -0.475 e. The van der Waals surface area contributed by atoms with Crippen molar-refractivity contribution in [3.63, 3.8) is 0 Å². The van der Waals surface area contributed by atoms with Crippen LogP contribution in [0.1, 0.15) is 28.3 Å². The van der Waals surface area contributed by atoms with E-state index in [0.29, 0.717) is 4.90 Å². The Morgan fingerprint density at radius 3 is 2.37 bits per heavy atom. The average molecular weight is 429 g/mol. The Morgan fingerprint density at radius 1 is 1.00 bits per heavy atom. The summed E-state index contributed by atoms with van der Waals surface area (Å²) in [5.74, 6) is 0.0745. The van der Waals surface area contributed by atoms with Gasteiger partial charge in [0.15, 0.2) is 0 Å². The van der Waals surface area contributed by atoms with E-state index in [4.69, 9.17) is 4.74 Å². The Hall–Kier alpha value is -2.93. The van der Waals surface area contributed by atoms with Gasteiger partial charge in [-0.25, -0.2) is 9.20 Å². The smallest absolute Gasteiger partial charge is 0.416 e. The molecule has 0 spiro atoms. The van der Waals surface area contributed by atoms with Crippen LogP contribution in [0.3, 0.4) is 0 Å². The number of hydrogen-bond donors (Lipinski definition) is 0. The monoisotopic (exact) mass is 429 g/mol. The van der Waals surface area contributed by atoms with Crippen LogP contribution in [0.5, 0.6) is 0 Å². The van der Waals surface area contributed by atoms with Gasteiger partial charge in [0, 0.05) is 4.90 Å². The van der Waals surface area contributed by atoms with Crippen molar-refractivity contribution in [2.75, 3.05) is 6.61 Å². The molecular weight excluding hydrogens is 411 g/mol. The number of aliphatic imine (C=N–C) groups is 1. The van der Waals surface area contributed by atoms with Crippen molar-refractivity contribution in [3.8, 4) is 0 Å². The van der Waals surface area contributed by atoms with Crippen molar-refractivity contribution in [2.45, 2.75) is 28.9 Å². The zero-order chi connectivity index (χ0) is 21.3. The molecule has 2 atom stereocenters. The van der Waals surface area contributed by atoms with Crippen LogP contribution < -0.4 is 0 Å². The Bertz CT molecular complexity index is 1110. The molecule has 154 valence electrons. The fourth-order valence-electron chi connectivity index (χ4n) is 3.19. The second kappa shape index (κ2) is 8.07. The molecule has 0 saturated carbocycles. The maximum absolute atomic E-state index is 13.3. The number of rotatable bonds is 4. The van der Waals surface area contributed by atoms with Gasteiger partial charge in [0.1, 0.15) is 12.6 Å². The highest BCUT2D eigenvalue weighted by atomic mass is 32.2. The third-order valence-electron chi connectivity index (χ3n) is 4.81. The van der Waals surface area contributed by atoms with Crippen LogP contribution >= 0.6 is 0 Å². The molecule has 3 aromatic carbocycles. The van der Waals surface area contributed by atoms with Crippen LogP contribution in [-0.2, 0) is 21.7 Å². The lowest BCUT2D eigenvalue weighted by molar-refractivity contribution is -0.137. The highest BCUT2D eigenvalue weighted by molar-refractivity contribution is 7.85. The normalized spacial score (nSPS) is 17.3. The van der Waals surface area contributed by atoms with Gasteiger partial charge >= 0.3 is 6.18 Å². The van der Waals surface area contributed by atoms with Crippen molar-refractivity contribution >= 4 is 16.7 Å². The average Bonchev–Trinajstić information content (AvgIpc) is 3.23. The van der Waals surface area contributed by atoms with Gasteiger partial charge in [0.25, 0.3) is 0 Å². The lowest BCUT2D eigenvalue weighted by Crippen LogP contribution is -2.12. The number of ether oxygens (including phenoxy) is 1. The summed E-state index contributed by atoms with van der Waals surface area (Å²) in [5, 5.41) is 0. The molecule has 0 bridgehead atoms. The summed E-state index contributed by atoms with van der Waals surface area (Å²) in [6, 6.07) is 19.2. The summed E-state index contributed by atoms with van der Waals surface area (Å²) in [4.78, 5) is 5.23. The molecule has 3 nitrogen and oxygen atoms in total. The highest BCUT2D eigenvalue weighted by Gasteiger charge is 2.33. The molecule has 0 saturated heterocycles. The van der Waals surface area contributed by atoms with Gasteiger partial charge in [-0.3, -0.25) is 0 Å². The summed E-state index contributed by atoms with van der Waals surface area (Å²) < 4.78 is 58.9. The van der Waals surface area contributed by atoms with Gasteiger partial charge in [-0.05, 0) is 42.8 Å². The second-order valence-corrected chi connectivity index (χ2v) is 8.41. The van der Waals surface area contributed by atoms with Crippen LogP contribution in [0.2, 0.25) is 0 Å². The maximum atomic E-state index is 13.3. The lowest BCUT2D eigenvalue weighted by Gasteiger charge is -2.13. The van der Waals surface area contributed by atoms with E-state index in [9.17, 15) is 17.4 Å². The van der Waals surface area contributed by atoms with Crippen LogP contribution in [-0.4, -0.2) is 16.7 Å². The van der Waals surface area contributed by atoms with E-state index in [1.54, 1.807) is 12.1 Å².